The number of sulfonamides is 2. The van der Waals surface area contributed by atoms with E-state index in [1.54, 1.807) is 49.6 Å². The number of nitrogens with one attached hydrogen (secondary N) is 2. The van der Waals surface area contributed by atoms with Crippen LogP contribution in [0.15, 0.2) is 107 Å². The number of nitrogens with two attached hydrogens (primary N) is 1. The second-order valence-electron chi connectivity index (χ2n) is 17.9. The second-order valence-corrected chi connectivity index (χ2v) is 26.3. The van der Waals surface area contributed by atoms with Crippen LogP contribution in [-0.4, -0.2) is 120 Å². The zero-order valence-corrected chi connectivity index (χ0v) is 41.6. The van der Waals surface area contributed by atoms with E-state index in [4.69, 9.17) is 24.7 Å². The van der Waals surface area contributed by atoms with Gasteiger partial charge in [-0.2, -0.15) is 9.10 Å². The van der Waals surface area contributed by atoms with Crippen molar-refractivity contribution in [2.24, 2.45) is 5.73 Å². The highest BCUT2D eigenvalue weighted by atomic mass is 32.2. The first-order chi connectivity index (χ1) is 31.8. The highest BCUT2D eigenvalue weighted by Crippen LogP contribution is 2.42. The summed E-state index contributed by atoms with van der Waals surface area (Å²) in [4.78, 5) is 13.9. The van der Waals surface area contributed by atoms with Crippen LogP contribution in [0.25, 0.3) is 11.4 Å². The fourth-order valence-corrected chi connectivity index (χ4v) is 12.3. The van der Waals surface area contributed by atoms with Crippen LogP contribution in [0.3, 0.4) is 0 Å². The van der Waals surface area contributed by atoms with Crippen molar-refractivity contribution in [2.45, 2.75) is 93.4 Å². The Labute approximate surface area is 395 Å². The number of piperidine rings is 1. The number of ether oxygens (including phenoxy) is 2. The summed E-state index contributed by atoms with van der Waals surface area (Å²) in [5.74, 6) is 0.552. The van der Waals surface area contributed by atoms with Crippen LogP contribution in [0.4, 0.5) is 10.5 Å². The lowest BCUT2D eigenvalue weighted by Crippen LogP contribution is -2.50. The molecule has 5 N–H and O–H groups in total. The topological polar surface area (TPSA) is 233 Å². The molecule has 1 atom stereocenters. The molecule has 4 aromatic carbocycles. The Morgan fingerprint density at radius 1 is 0.896 bits per heavy atom. The molecule has 0 saturated carbocycles. The van der Waals surface area contributed by atoms with Gasteiger partial charge in [0.1, 0.15) is 15.5 Å². The lowest BCUT2D eigenvalue weighted by atomic mass is 10.0. The summed E-state index contributed by atoms with van der Waals surface area (Å²) in [6.07, 6.45) is -1.15. The standard InChI is InChI=1S/C46H63N9O9S2Si/c1-46(2,3)67(5,6)64-39(29-48-45(56)57)30-49-65(58,59)41-22-21-40(53-26-23-38(24-27-53)63-28-25-47)42(44-50-52-55(51-44)33-36-17-19-37(62-4)20-18-36)43(41)66(60,61)54(31-34-13-9-7-10-14-34)32-35-15-11-8-12-16-35/h7-22,38-39,48-49H,23-33,47H2,1-6H3,(H,56,57). The molecule has 18 nitrogen and oxygen atoms in total. The molecule has 2 heterocycles. The Kier molecular flexibility index (Phi) is 17.0. The molecule has 1 aromatic heterocycles. The summed E-state index contributed by atoms with van der Waals surface area (Å²) in [7, 11) is -10.6. The predicted octanol–water partition coefficient (Wildman–Crippen LogP) is 5.67. The minimum atomic E-state index is -4.84. The fraction of sp³-hybridized carbons (Fsp3) is 0.435. The second kappa shape index (κ2) is 22.2. The summed E-state index contributed by atoms with van der Waals surface area (Å²) >= 11 is 0. The van der Waals surface area contributed by atoms with Crippen LogP contribution >= 0.6 is 0 Å². The summed E-state index contributed by atoms with van der Waals surface area (Å²) in [6, 6.07) is 28.3. The van der Waals surface area contributed by atoms with Gasteiger partial charge < -0.3 is 35.0 Å². The summed E-state index contributed by atoms with van der Waals surface area (Å²) < 4.78 is 83.8. The van der Waals surface area contributed by atoms with E-state index in [0.717, 1.165) is 5.56 Å². The number of tetrazole rings is 1. The van der Waals surface area contributed by atoms with Gasteiger partial charge in [0.25, 0.3) is 0 Å². The van der Waals surface area contributed by atoms with E-state index in [2.05, 4.69) is 20.4 Å². The third-order valence-corrected chi connectivity index (χ3v) is 20.1. The highest BCUT2D eigenvalue weighted by molar-refractivity contribution is 7.92. The Hall–Kier alpha value is -5.26. The molecule has 1 fully saturated rings. The number of aromatic nitrogens is 4. The molecule has 21 heteroatoms. The number of carbonyl (C=O) groups is 1. The van der Waals surface area contributed by atoms with Gasteiger partial charge in [-0.1, -0.05) is 93.6 Å². The third-order valence-electron chi connectivity index (χ3n) is 12.1. The number of anilines is 1. The lowest BCUT2D eigenvalue weighted by Gasteiger charge is -2.39. The molecule has 1 saturated heterocycles. The molecular formula is C46H63N9O9S2Si. The van der Waals surface area contributed by atoms with Crippen molar-refractivity contribution >= 4 is 40.1 Å². The van der Waals surface area contributed by atoms with E-state index in [0.29, 0.717) is 61.6 Å². The molecule has 67 heavy (non-hydrogen) atoms. The van der Waals surface area contributed by atoms with Gasteiger partial charge in [0, 0.05) is 51.5 Å². The molecule has 1 amide bonds. The smallest absolute Gasteiger partial charge is 0.404 e. The summed E-state index contributed by atoms with van der Waals surface area (Å²) in [5, 5.41) is 25.1. The van der Waals surface area contributed by atoms with Crippen LogP contribution in [0.2, 0.25) is 18.1 Å². The number of amides is 1. The minimum absolute atomic E-state index is 0.0436. The number of hydrogen-bond donors (Lipinski definition) is 4. The van der Waals surface area contributed by atoms with Crippen molar-refractivity contribution in [1.29, 1.82) is 0 Å². The van der Waals surface area contributed by atoms with Crippen LogP contribution in [0.5, 0.6) is 5.75 Å². The van der Waals surface area contributed by atoms with E-state index in [1.165, 1.54) is 15.2 Å². The van der Waals surface area contributed by atoms with E-state index in [1.807, 2.05) is 87.3 Å². The molecule has 0 aliphatic carbocycles. The van der Waals surface area contributed by atoms with Gasteiger partial charge in [-0.3, -0.25) is 0 Å². The van der Waals surface area contributed by atoms with Gasteiger partial charge in [0.05, 0.1) is 38.0 Å². The molecule has 0 spiro atoms. The average Bonchev–Trinajstić information content (AvgIpc) is 3.77. The SMILES string of the molecule is COc1ccc(Cn2nnc(-c3c(N4CCC(OCCN)CC4)ccc(S(=O)(=O)NCC(CNC(=O)O)O[Si](C)(C)C(C)(C)C)c3S(=O)(=O)N(Cc3ccccc3)Cc3ccccc3)n2)cc1. The summed E-state index contributed by atoms with van der Waals surface area (Å²) in [6.45, 7) is 11.0. The van der Waals surface area contributed by atoms with E-state index >= 15 is 16.8 Å². The number of carboxylic acid groups (broad SMARTS) is 1. The first-order valence-electron chi connectivity index (χ1n) is 22.2. The van der Waals surface area contributed by atoms with Gasteiger partial charge in [0.15, 0.2) is 8.32 Å². The molecular weight excluding hydrogens is 915 g/mol. The number of nitrogens with zero attached hydrogens (tertiary/aromatic N) is 6. The molecule has 1 aliphatic heterocycles. The van der Waals surface area contributed by atoms with E-state index < -0.39 is 50.4 Å². The molecule has 0 radical (unpaired) electrons. The van der Waals surface area contributed by atoms with Crippen molar-refractivity contribution in [3.8, 4) is 17.1 Å². The van der Waals surface area contributed by atoms with Crippen LogP contribution in [0.1, 0.15) is 50.3 Å². The normalized spacial score (nSPS) is 14.6. The predicted molar refractivity (Wildman–Crippen MR) is 258 cm³/mol. The monoisotopic (exact) mass is 977 g/mol. The maximum absolute atomic E-state index is 16.0. The van der Waals surface area contributed by atoms with Crippen molar-refractivity contribution < 1.29 is 40.6 Å². The van der Waals surface area contributed by atoms with Crippen LogP contribution in [0, 0.1) is 0 Å². The van der Waals surface area contributed by atoms with Crippen molar-refractivity contribution in [3.05, 3.63) is 114 Å². The average molecular weight is 978 g/mol. The van der Waals surface area contributed by atoms with Crippen molar-refractivity contribution in [3.63, 3.8) is 0 Å². The number of hydrogen-bond acceptors (Lipinski definition) is 13. The van der Waals surface area contributed by atoms with Crippen LogP contribution < -0.4 is 25.4 Å². The molecule has 6 rings (SSSR count). The van der Waals surface area contributed by atoms with Crippen LogP contribution in [-0.2, 0) is 48.8 Å². The Bertz CT molecular complexity index is 2590. The van der Waals surface area contributed by atoms with Crippen molar-refractivity contribution in [2.75, 3.05) is 51.3 Å². The van der Waals surface area contributed by atoms with E-state index in [-0.39, 0.29) is 55.3 Å². The molecule has 362 valence electrons. The number of methoxy groups -OCH3 is 1. The quantitative estimate of drug-likeness (QED) is 0.0613. The van der Waals surface area contributed by atoms with Gasteiger partial charge >= 0.3 is 6.09 Å². The molecule has 1 unspecified atom stereocenters. The van der Waals surface area contributed by atoms with Gasteiger partial charge in [-0.25, -0.2) is 26.4 Å². The fourth-order valence-electron chi connectivity index (χ4n) is 7.46. The molecule has 0 bridgehead atoms. The first kappa shape index (κ1) is 51.1. The van der Waals surface area contributed by atoms with Gasteiger partial charge in [-0.05, 0) is 77.1 Å². The zero-order valence-electron chi connectivity index (χ0n) is 39.0. The summed E-state index contributed by atoms with van der Waals surface area (Å²) in [5.41, 5.74) is 8.23. The Balaban J connectivity index is 1.55. The largest absolute Gasteiger partial charge is 0.497 e. The third kappa shape index (κ3) is 13.3. The lowest BCUT2D eigenvalue weighted by molar-refractivity contribution is 0.0422. The maximum atomic E-state index is 16.0. The van der Waals surface area contributed by atoms with Crippen molar-refractivity contribution in [1.82, 2.24) is 34.6 Å². The van der Waals surface area contributed by atoms with Gasteiger partial charge in [-0.15, -0.1) is 10.2 Å². The highest BCUT2D eigenvalue weighted by Gasteiger charge is 2.41. The Morgan fingerprint density at radius 3 is 2.06 bits per heavy atom. The molecule has 1 aliphatic rings. The van der Waals surface area contributed by atoms with E-state index in [9.17, 15) is 9.90 Å². The zero-order chi connectivity index (χ0) is 48.4. The van der Waals surface area contributed by atoms with Gasteiger partial charge in [0.2, 0.25) is 25.9 Å². The minimum Gasteiger partial charge on any atom is -0.497 e. The first-order valence-corrected chi connectivity index (χ1v) is 28.0. The maximum Gasteiger partial charge on any atom is 0.404 e. The Morgan fingerprint density at radius 2 is 1.51 bits per heavy atom. The number of rotatable bonds is 22. The number of benzene rings is 4. The molecule has 5 aromatic rings.